The van der Waals surface area contributed by atoms with Crippen molar-refractivity contribution in [3.63, 3.8) is 0 Å². The van der Waals surface area contributed by atoms with Crippen molar-refractivity contribution in [1.82, 2.24) is 10.2 Å². The molecule has 45 heavy (non-hydrogen) atoms. The Morgan fingerprint density at radius 1 is 0.711 bits per heavy atom. The maximum Gasteiger partial charge on any atom is 0.338 e. The van der Waals surface area contributed by atoms with Crippen molar-refractivity contribution in [2.45, 2.75) is 38.4 Å². The summed E-state index contributed by atoms with van der Waals surface area (Å²) < 4.78 is 14.1. The number of nitrogens with one attached hydrogen (secondary N) is 2. The maximum absolute atomic E-state index is 12.4. The van der Waals surface area contributed by atoms with Crippen molar-refractivity contribution in [1.29, 1.82) is 0 Å². The van der Waals surface area contributed by atoms with Crippen LogP contribution in [0.1, 0.15) is 29.5 Å². The third-order valence-electron chi connectivity index (χ3n) is 7.06. The number of nitrogens with zero attached hydrogens (tertiary/aromatic N) is 2. The van der Waals surface area contributed by atoms with Gasteiger partial charge in [0.1, 0.15) is 19.1 Å². The first-order valence-electron chi connectivity index (χ1n) is 14.8. The molecule has 1 unspecified atom stereocenters. The molecule has 0 saturated heterocycles. The largest absolute Gasteiger partial charge is 1.00 e. The molecule has 9 nitrogen and oxygen atoms in total. The Morgan fingerprint density at radius 3 is 1.38 bits per heavy atom. The average Bonchev–Trinajstić information content (AvgIpc) is 2.95. The van der Waals surface area contributed by atoms with Gasteiger partial charge < -0.3 is 58.7 Å². The number of carbonyl (C=O) groups is 1. The number of halogens is 2. The fraction of sp³-hybridized carbons (Fsp3) is 0.424. The molecule has 252 valence electrons. The zero-order valence-electron chi connectivity index (χ0n) is 27.0. The molecule has 12 heteroatoms. The third kappa shape index (κ3) is 20.0. The minimum Gasteiger partial charge on any atom is -1.00 e. The summed E-state index contributed by atoms with van der Waals surface area (Å²) in [7, 11) is 5.27. The lowest BCUT2D eigenvalue weighted by molar-refractivity contribution is -0.903. The van der Waals surface area contributed by atoms with Crippen molar-refractivity contribution >= 4 is 13.6 Å². The first kappa shape index (κ1) is 43.1. The SMILES string of the molecule is C[N+](C)(CCCNP(=O)(O)NCCC[N+](C)(C)Cc1ccccc1)Cc1ccccc1.NC(Cc1ccccc1)C(=O)O.[Br-].[Br-]. The molecule has 0 aliphatic carbocycles. The van der Waals surface area contributed by atoms with Crippen molar-refractivity contribution in [2.24, 2.45) is 5.73 Å². The van der Waals surface area contributed by atoms with Gasteiger partial charge in [-0.25, -0.2) is 10.2 Å². The highest BCUT2D eigenvalue weighted by Crippen LogP contribution is 2.29. The van der Waals surface area contributed by atoms with Crippen LogP contribution in [0.4, 0.5) is 0 Å². The maximum atomic E-state index is 12.4. The van der Waals surface area contributed by atoms with Gasteiger partial charge in [0.25, 0.3) is 0 Å². The Bertz CT molecular complexity index is 1190. The van der Waals surface area contributed by atoms with Crippen LogP contribution in [0.25, 0.3) is 0 Å². The van der Waals surface area contributed by atoms with Crippen molar-refractivity contribution in [2.75, 3.05) is 54.4 Å². The number of hydrogen-bond acceptors (Lipinski definition) is 3. The molecule has 0 aliphatic rings. The monoisotopic (exact) mass is 771 g/mol. The normalized spacial score (nSPS) is 12.1. The molecule has 0 amide bonds. The molecule has 3 aromatic rings. The molecule has 3 rings (SSSR count). The van der Waals surface area contributed by atoms with Crippen LogP contribution < -0.4 is 49.9 Å². The zero-order chi connectivity index (χ0) is 31.8. The molecule has 0 fully saturated rings. The number of aliphatic carboxylic acids is 1. The standard InChI is InChI=1S/C24H40N4O2P.C9H11NO2.2BrH/c1-27(2,21-23-13-7-5-8-14-23)19-11-17-25-31(29,30)26-18-12-20-28(3,4)22-24-15-9-6-10-16-24;10-8(9(11)12)6-7-4-2-1-3-5-7;;/h5-10,13-16H,11-12,17-22H2,1-4H3,(H2-,25,26,29,30);1-5,8H,6,10H2,(H,11,12);2*1H/q+1;;;/p-1. The average molecular weight is 774 g/mol. The smallest absolute Gasteiger partial charge is 0.338 e. The molecule has 0 saturated carbocycles. The Labute approximate surface area is 291 Å². The molecule has 3 aromatic carbocycles. The lowest BCUT2D eigenvalue weighted by atomic mass is 10.1. The van der Waals surface area contributed by atoms with E-state index in [1.807, 2.05) is 42.5 Å². The molecule has 6 N–H and O–H groups in total. The van der Waals surface area contributed by atoms with Gasteiger partial charge in [0.05, 0.1) is 41.3 Å². The zero-order valence-corrected chi connectivity index (χ0v) is 31.1. The number of quaternary nitrogens is 2. The number of carboxylic acids is 1. The van der Waals surface area contributed by atoms with E-state index in [9.17, 15) is 14.3 Å². The van der Waals surface area contributed by atoms with Gasteiger partial charge >= 0.3 is 13.6 Å². The van der Waals surface area contributed by atoms with Crippen LogP contribution in [0.5, 0.6) is 0 Å². The van der Waals surface area contributed by atoms with Crippen LogP contribution in [-0.4, -0.2) is 85.3 Å². The summed E-state index contributed by atoms with van der Waals surface area (Å²) in [5.41, 5.74) is 8.92. The number of nitrogens with two attached hydrogens (primary N) is 1. The van der Waals surface area contributed by atoms with E-state index in [2.05, 4.69) is 86.9 Å². The molecular weight excluding hydrogens is 721 g/mol. The van der Waals surface area contributed by atoms with E-state index < -0.39 is 19.7 Å². The second-order valence-corrected chi connectivity index (χ2v) is 14.1. The summed E-state index contributed by atoms with van der Waals surface area (Å²) in [6, 6.07) is 29.4. The second kappa shape index (κ2) is 21.8. The predicted molar refractivity (Wildman–Crippen MR) is 175 cm³/mol. The molecule has 1 atom stereocenters. The summed E-state index contributed by atoms with van der Waals surface area (Å²) in [5.74, 6) is -0.959. The molecule has 0 aliphatic heterocycles. The Kier molecular flexibility index (Phi) is 20.9. The highest BCUT2D eigenvalue weighted by atomic mass is 79.9. The van der Waals surface area contributed by atoms with E-state index >= 15 is 0 Å². The number of hydrogen-bond donors (Lipinski definition) is 5. The third-order valence-corrected chi connectivity index (χ3v) is 8.36. The molecule has 0 heterocycles. The summed E-state index contributed by atoms with van der Waals surface area (Å²) in [6.45, 7) is 4.82. The van der Waals surface area contributed by atoms with Crippen LogP contribution >= 0.6 is 7.67 Å². The van der Waals surface area contributed by atoms with E-state index in [0.29, 0.717) is 19.5 Å². The van der Waals surface area contributed by atoms with Crippen LogP contribution in [0.3, 0.4) is 0 Å². The fourth-order valence-corrected chi connectivity index (χ4v) is 5.83. The van der Waals surface area contributed by atoms with Gasteiger partial charge in [0, 0.05) is 37.1 Å². The Morgan fingerprint density at radius 2 is 1.04 bits per heavy atom. The van der Waals surface area contributed by atoms with Crippen molar-refractivity contribution < 1.29 is 62.3 Å². The number of benzene rings is 3. The Balaban J connectivity index is 0.00000117. The van der Waals surface area contributed by atoms with Gasteiger partial charge in [-0.05, 0) is 12.0 Å². The van der Waals surface area contributed by atoms with Crippen LogP contribution in [0, 0.1) is 0 Å². The second-order valence-electron chi connectivity index (χ2n) is 12.3. The minimum absolute atomic E-state index is 0. The summed E-state index contributed by atoms with van der Waals surface area (Å²) in [6.07, 6.45) is 2.07. The highest BCUT2D eigenvalue weighted by molar-refractivity contribution is 7.53. The molecular formula is C33H52Br2N5O4P. The summed E-state index contributed by atoms with van der Waals surface area (Å²) in [4.78, 5) is 20.5. The van der Waals surface area contributed by atoms with Crippen molar-refractivity contribution in [3.8, 4) is 0 Å². The Hall–Kier alpha value is -1.92. The molecule has 0 spiro atoms. The summed E-state index contributed by atoms with van der Waals surface area (Å²) in [5, 5.41) is 14.2. The topological polar surface area (TPSA) is 125 Å². The lowest BCUT2D eigenvalue weighted by Crippen LogP contribution is -3.00. The highest BCUT2D eigenvalue weighted by Gasteiger charge is 2.20. The number of rotatable bonds is 17. The quantitative estimate of drug-likeness (QED) is 0.0627. The minimum atomic E-state index is -3.50. The summed E-state index contributed by atoms with van der Waals surface area (Å²) >= 11 is 0. The molecule has 0 aromatic heterocycles. The van der Waals surface area contributed by atoms with Gasteiger partial charge in [-0.15, -0.1) is 0 Å². The van der Waals surface area contributed by atoms with Gasteiger partial charge in [-0.2, -0.15) is 0 Å². The van der Waals surface area contributed by atoms with E-state index in [0.717, 1.165) is 53.6 Å². The molecule has 0 bridgehead atoms. The van der Waals surface area contributed by atoms with Gasteiger partial charge in [-0.1, -0.05) is 91.0 Å². The fourth-order valence-electron chi connectivity index (χ4n) is 4.80. The van der Waals surface area contributed by atoms with Gasteiger partial charge in [0.2, 0.25) is 0 Å². The van der Waals surface area contributed by atoms with E-state index in [4.69, 9.17) is 10.8 Å². The van der Waals surface area contributed by atoms with Gasteiger partial charge in [0.15, 0.2) is 0 Å². The van der Waals surface area contributed by atoms with Crippen molar-refractivity contribution in [3.05, 3.63) is 108 Å². The predicted octanol–water partition coefficient (Wildman–Crippen LogP) is -1.75. The van der Waals surface area contributed by atoms with E-state index in [1.165, 1.54) is 11.1 Å². The van der Waals surface area contributed by atoms with Crippen LogP contribution in [0.15, 0.2) is 91.0 Å². The first-order valence-corrected chi connectivity index (χ1v) is 16.5. The van der Waals surface area contributed by atoms with Crippen LogP contribution in [-0.2, 0) is 28.9 Å². The lowest BCUT2D eigenvalue weighted by Gasteiger charge is -2.30. The number of carboxylic acid groups (broad SMARTS) is 1. The van der Waals surface area contributed by atoms with Crippen LogP contribution in [0.2, 0.25) is 0 Å². The van der Waals surface area contributed by atoms with Gasteiger partial charge in [-0.3, -0.25) is 9.36 Å². The van der Waals surface area contributed by atoms with E-state index in [1.54, 1.807) is 0 Å². The molecule has 0 radical (unpaired) electrons. The first-order chi connectivity index (χ1) is 20.3. The van der Waals surface area contributed by atoms with E-state index in [-0.39, 0.29) is 34.0 Å².